The van der Waals surface area contributed by atoms with Crippen LogP contribution in [0.2, 0.25) is 0 Å². The predicted octanol–water partition coefficient (Wildman–Crippen LogP) is 2.95. The van der Waals surface area contributed by atoms with E-state index in [1.807, 2.05) is 31.2 Å². The fourth-order valence-corrected chi connectivity index (χ4v) is 2.92. The Kier molecular flexibility index (Phi) is 5.79. The zero-order chi connectivity index (χ0) is 16.8. The Balaban J connectivity index is 2.12. The highest BCUT2D eigenvalue weighted by molar-refractivity contribution is 5.94. The molecular formula is C18H23NO4. The van der Waals surface area contributed by atoms with Gasteiger partial charge in [-0.1, -0.05) is 31.5 Å². The van der Waals surface area contributed by atoms with E-state index in [-0.39, 0.29) is 24.4 Å². The lowest BCUT2D eigenvalue weighted by molar-refractivity contribution is -0.141. The minimum Gasteiger partial charge on any atom is -0.496 e. The molecule has 1 aliphatic rings. The van der Waals surface area contributed by atoms with Gasteiger partial charge in [-0.25, -0.2) is 4.79 Å². The minimum absolute atomic E-state index is 0.0396. The normalized spacial score (nSPS) is 17.7. The summed E-state index contributed by atoms with van der Waals surface area (Å²) in [6.07, 6.45) is 2.04. The Labute approximate surface area is 136 Å². The Bertz CT molecular complexity index is 621. The van der Waals surface area contributed by atoms with Crippen LogP contribution in [-0.4, -0.2) is 19.0 Å². The van der Waals surface area contributed by atoms with Crippen LogP contribution in [0.3, 0.4) is 0 Å². The fourth-order valence-electron chi connectivity index (χ4n) is 2.92. The van der Waals surface area contributed by atoms with E-state index < -0.39 is 0 Å². The highest BCUT2D eigenvalue weighted by Gasteiger charge is 2.30. The molecule has 5 nitrogen and oxygen atoms in total. The number of para-hydroxylation sites is 1. The zero-order valence-electron chi connectivity index (χ0n) is 13.8. The van der Waals surface area contributed by atoms with Gasteiger partial charge in [-0.3, -0.25) is 4.79 Å². The minimum atomic E-state index is -0.369. The Morgan fingerprint density at radius 1 is 1.35 bits per heavy atom. The zero-order valence-corrected chi connectivity index (χ0v) is 13.8. The first kappa shape index (κ1) is 17.1. The number of ether oxygens (including phenoxy) is 2. The highest BCUT2D eigenvalue weighted by Crippen LogP contribution is 2.28. The third-order valence-corrected chi connectivity index (χ3v) is 3.98. The first-order valence-electron chi connectivity index (χ1n) is 7.86. The molecule has 0 saturated carbocycles. The molecule has 124 valence electrons. The summed E-state index contributed by atoms with van der Waals surface area (Å²) in [6, 6.07) is 7.43. The standard InChI is InChI=1S/C18H23NO4/c1-4-7-13-10-16(20)19-12(2)17(13)18(21)23-11-14-8-5-6-9-15(14)22-3/h5-6,8-9,13H,4,7,10-11H2,1-3H3,(H,19,20). The summed E-state index contributed by atoms with van der Waals surface area (Å²) in [5.74, 6) is 0.209. The lowest BCUT2D eigenvalue weighted by Crippen LogP contribution is -2.35. The largest absolute Gasteiger partial charge is 0.496 e. The molecule has 0 aromatic heterocycles. The van der Waals surface area contributed by atoms with Crippen molar-refractivity contribution in [3.63, 3.8) is 0 Å². The first-order chi connectivity index (χ1) is 11.1. The molecule has 0 bridgehead atoms. The first-order valence-corrected chi connectivity index (χ1v) is 7.86. The fraction of sp³-hybridized carbons (Fsp3) is 0.444. The maximum Gasteiger partial charge on any atom is 0.336 e. The van der Waals surface area contributed by atoms with Crippen molar-refractivity contribution in [2.75, 3.05) is 7.11 Å². The summed E-state index contributed by atoms with van der Waals surface area (Å²) in [7, 11) is 1.58. The predicted molar refractivity (Wildman–Crippen MR) is 86.6 cm³/mol. The van der Waals surface area contributed by atoms with Crippen molar-refractivity contribution in [2.45, 2.75) is 39.7 Å². The summed E-state index contributed by atoms with van der Waals surface area (Å²) in [5, 5.41) is 2.73. The van der Waals surface area contributed by atoms with Crippen LogP contribution in [0.25, 0.3) is 0 Å². The van der Waals surface area contributed by atoms with E-state index in [9.17, 15) is 9.59 Å². The smallest absolute Gasteiger partial charge is 0.336 e. The Morgan fingerprint density at radius 3 is 2.78 bits per heavy atom. The molecular weight excluding hydrogens is 294 g/mol. The molecule has 23 heavy (non-hydrogen) atoms. The van der Waals surface area contributed by atoms with Crippen LogP contribution in [0.4, 0.5) is 0 Å². The molecule has 1 aromatic rings. The molecule has 5 heteroatoms. The number of carbonyl (C=O) groups is 2. The molecule has 0 fully saturated rings. The molecule has 0 spiro atoms. The monoisotopic (exact) mass is 317 g/mol. The number of rotatable bonds is 6. The van der Waals surface area contributed by atoms with E-state index >= 15 is 0 Å². The van der Waals surface area contributed by atoms with Crippen molar-refractivity contribution in [1.82, 2.24) is 5.32 Å². The molecule has 1 amide bonds. The molecule has 2 rings (SSSR count). The van der Waals surface area contributed by atoms with Gasteiger partial charge >= 0.3 is 5.97 Å². The number of amides is 1. The van der Waals surface area contributed by atoms with Gasteiger partial charge in [0.25, 0.3) is 0 Å². The summed E-state index contributed by atoms with van der Waals surface area (Å²) < 4.78 is 10.7. The van der Waals surface area contributed by atoms with E-state index in [2.05, 4.69) is 5.32 Å². The lowest BCUT2D eigenvalue weighted by Gasteiger charge is -2.26. The number of carbonyl (C=O) groups excluding carboxylic acids is 2. The van der Waals surface area contributed by atoms with Crippen molar-refractivity contribution in [3.8, 4) is 5.75 Å². The number of benzene rings is 1. The van der Waals surface area contributed by atoms with Crippen molar-refractivity contribution < 1.29 is 19.1 Å². The molecule has 0 saturated heterocycles. The molecule has 1 heterocycles. The summed E-state index contributed by atoms with van der Waals surface area (Å²) >= 11 is 0. The molecule has 0 radical (unpaired) electrons. The van der Waals surface area contributed by atoms with Crippen molar-refractivity contribution in [3.05, 3.63) is 41.1 Å². The van der Waals surface area contributed by atoms with Crippen LogP contribution in [0, 0.1) is 5.92 Å². The third-order valence-electron chi connectivity index (χ3n) is 3.98. The van der Waals surface area contributed by atoms with E-state index in [1.54, 1.807) is 14.0 Å². The van der Waals surface area contributed by atoms with Crippen LogP contribution in [0.1, 0.15) is 38.7 Å². The average Bonchev–Trinajstić information content (AvgIpc) is 2.52. The molecule has 1 atom stereocenters. The molecule has 1 aliphatic heterocycles. The van der Waals surface area contributed by atoms with Crippen LogP contribution >= 0.6 is 0 Å². The summed E-state index contributed by atoms with van der Waals surface area (Å²) in [5.41, 5.74) is 2.00. The van der Waals surface area contributed by atoms with Gasteiger partial charge in [-0.15, -0.1) is 0 Å². The quantitative estimate of drug-likeness (QED) is 0.819. The maximum atomic E-state index is 12.5. The number of esters is 1. The van der Waals surface area contributed by atoms with Gasteiger partial charge in [0.1, 0.15) is 12.4 Å². The average molecular weight is 317 g/mol. The van der Waals surface area contributed by atoms with E-state index in [0.29, 0.717) is 23.4 Å². The summed E-state index contributed by atoms with van der Waals surface area (Å²) in [6.45, 7) is 3.94. The second-order valence-electron chi connectivity index (χ2n) is 5.66. The molecule has 1 N–H and O–H groups in total. The number of hydrogen-bond donors (Lipinski definition) is 1. The Hall–Kier alpha value is -2.30. The highest BCUT2D eigenvalue weighted by atomic mass is 16.5. The van der Waals surface area contributed by atoms with Crippen LogP contribution in [0.15, 0.2) is 35.5 Å². The van der Waals surface area contributed by atoms with Crippen molar-refractivity contribution in [2.24, 2.45) is 5.92 Å². The number of methoxy groups -OCH3 is 1. The maximum absolute atomic E-state index is 12.5. The summed E-state index contributed by atoms with van der Waals surface area (Å²) in [4.78, 5) is 24.2. The number of hydrogen-bond acceptors (Lipinski definition) is 4. The number of allylic oxidation sites excluding steroid dienone is 1. The molecule has 0 aliphatic carbocycles. The van der Waals surface area contributed by atoms with Gasteiger partial charge in [-0.2, -0.15) is 0 Å². The van der Waals surface area contributed by atoms with Crippen LogP contribution < -0.4 is 10.1 Å². The Morgan fingerprint density at radius 2 is 2.09 bits per heavy atom. The van der Waals surface area contributed by atoms with Gasteiger partial charge < -0.3 is 14.8 Å². The molecule has 1 unspecified atom stereocenters. The van der Waals surface area contributed by atoms with Crippen molar-refractivity contribution >= 4 is 11.9 Å². The third kappa shape index (κ3) is 4.12. The van der Waals surface area contributed by atoms with Crippen molar-refractivity contribution in [1.29, 1.82) is 0 Å². The van der Waals surface area contributed by atoms with Gasteiger partial charge in [-0.05, 0) is 19.4 Å². The van der Waals surface area contributed by atoms with E-state index in [1.165, 1.54) is 0 Å². The van der Waals surface area contributed by atoms with Crippen LogP contribution in [-0.2, 0) is 20.9 Å². The second kappa shape index (κ2) is 7.81. The van der Waals surface area contributed by atoms with E-state index in [0.717, 1.165) is 18.4 Å². The lowest BCUT2D eigenvalue weighted by atomic mass is 9.87. The molecule has 1 aromatic carbocycles. The SMILES string of the molecule is CCCC1CC(=O)NC(C)=C1C(=O)OCc1ccccc1OC. The second-order valence-corrected chi connectivity index (χ2v) is 5.66. The van der Waals surface area contributed by atoms with Gasteiger partial charge in [0.2, 0.25) is 5.91 Å². The number of nitrogens with one attached hydrogen (secondary N) is 1. The van der Waals surface area contributed by atoms with E-state index in [4.69, 9.17) is 9.47 Å². The van der Waals surface area contributed by atoms with Crippen LogP contribution in [0.5, 0.6) is 5.75 Å². The van der Waals surface area contributed by atoms with Gasteiger partial charge in [0.05, 0.1) is 12.7 Å². The van der Waals surface area contributed by atoms with Gasteiger partial charge in [0, 0.05) is 23.6 Å². The van der Waals surface area contributed by atoms with Gasteiger partial charge in [0.15, 0.2) is 0 Å². The topological polar surface area (TPSA) is 64.6 Å².